The van der Waals surface area contributed by atoms with Crippen molar-refractivity contribution in [2.45, 2.75) is 103 Å². The van der Waals surface area contributed by atoms with Crippen molar-refractivity contribution in [2.75, 3.05) is 6.61 Å². The molecule has 2 heterocycles. The summed E-state index contributed by atoms with van der Waals surface area (Å²) in [6, 6.07) is 8.92. The summed E-state index contributed by atoms with van der Waals surface area (Å²) in [4.78, 5) is 9.05. The molecule has 0 bridgehead atoms. The average molecular weight is 437 g/mol. The fourth-order valence-corrected chi connectivity index (χ4v) is 5.07. The van der Waals surface area contributed by atoms with Gasteiger partial charge in [0, 0.05) is 5.56 Å². The number of hydrogen-bond donors (Lipinski definition) is 0. The van der Waals surface area contributed by atoms with E-state index in [-0.39, 0.29) is 6.10 Å². The van der Waals surface area contributed by atoms with Gasteiger partial charge in [-0.3, -0.25) is 0 Å². The summed E-state index contributed by atoms with van der Waals surface area (Å²) in [6.45, 7) is 5.09. The van der Waals surface area contributed by atoms with Gasteiger partial charge in [-0.2, -0.15) is 0 Å². The minimum atomic E-state index is 0.236. The highest BCUT2D eigenvalue weighted by molar-refractivity contribution is 5.55. The minimum Gasteiger partial charge on any atom is -0.488 e. The summed E-state index contributed by atoms with van der Waals surface area (Å²) in [5.41, 5.74) is 2.54. The zero-order chi connectivity index (χ0) is 22.2. The Morgan fingerprint density at radius 3 is 2.25 bits per heavy atom. The third-order valence-electron chi connectivity index (χ3n) is 7.28. The molecule has 2 aliphatic rings. The van der Waals surface area contributed by atoms with Crippen molar-refractivity contribution in [1.82, 2.24) is 9.97 Å². The van der Waals surface area contributed by atoms with E-state index in [0.717, 1.165) is 23.7 Å². The molecule has 0 N–H and O–H groups in total. The van der Waals surface area contributed by atoms with E-state index in [2.05, 4.69) is 48.1 Å². The van der Waals surface area contributed by atoms with Crippen LogP contribution < -0.4 is 4.74 Å². The maximum Gasteiger partial charge on any atom is 0.159 e. The molecule has 1 aliphatic carbocycles. The lowest BCUT2D eigenvalue weighted by atomic mass is 9.77. The molecule has 1 aromatic carbocycles. The van der Waals surface area contributed by atoms with E-state index in [1.165, 1.54) is 69.8 Å². The van der Waals surface area contributed by atoms with Crippen molar-refractivity contribution in [3.63, 3.8) is 0 Å². The molecule has 0 radical (unpaired) electrons. The summed E-state index contributed by atoms with van der Waals surface area (Å²) in [5.74, 6) is 3.15. The molecular formula is C28H40N2O2. The Kier molecular flexibility index (Phi) is 8.55. The second kappa shape index (κ2) is 11.8. The molecule has 4 rings (SSSR count). The van der Waals surface area contributed by atoms with Crippen molar-refractivity contribution in [1.29, 1.82) is 0 Å². The summed E-state index contributed by atoms with van der Waals surface area (Å²) < 4.78 is 11.5. The van der Waals surface area contributed by atoms with Gasteiger partial charge in [-0.05, 0) is 49.5 Å². The van der Waals surface area contributed by atoms with Crippen molar-refractivity contribution in [3.05, 3.63) is 42.2 Å². The summed E-state index contributed by atoms with van der Waals surface area (Å²) in [5, 5.41) is 0. The maximum atomic E-state index is 5.82. The fourth-order valence-electron chi connectivity index (χ4n) is 5.07. The number of nitrogens with zero attached hydrogens (tertiary/aromatic N) is 2. The van der Waals surface area contributed by atoms with Gasteiger partial charge in [0.1, 0.15) is 12.7 Å². The lowest BCUT2D eigenvalue weighted by Gasteiger charge is -2.29. The largest absolute Gasteiger partial charge is 0.488 e. The summed E-state index contributed by atoms with van der Waals surface area (Å²) in [6.07, 6.45) is 18.8. The Morgan fingerprint density at radius 2 is 1.56 bits per heavy atom. The van der Waals surface area contributed by atoms with E-state index < -0.39 is 0 Å². The Morgan fingerprint density at radius 1 is 0.844 bits per heavy atom. The molecule has 32 heavy (non-hydrogen) atoms. The molecule has 1 aromatic heterocycles. The van der Waals surface area contributed by atoms with Gasteiger partial charge in [-0.25, -0.2) is 9.97 Å². The lowest BCUT2D eigenvalue weighted by molar-refractivity contribution is 0.258. The second-order valence-corrected chi connectivity index (χ2v) is 9.74. The number of unbranched alkanes of at least 4 members (excludes halogenated alkanes) is 3. The van der Waals surface area contributed by atoms with Crippen LogP contribution in [0.2, 0.25) is 0 Å². The maximum absolute atomic E-state index is 5.82. The second-order valence-electron chi connectivity index (χ2n) is 9.74. The first-order valence-electron chi connectivity index (χ1n) is 13.0. The van der Waals surface area contributed by atoms with Crippen LogP contribution in [0, 0.1) is 5.92 Å². The lowest BCUT2D eigenvalue weighted by Crippen LogP contribution is -2.13. The number of benzene rings is 1. The van der Waals surface area contributed by atoms with Crippen LogP contribution in [0.25, 0.3) is 11.4 Å². The van der Waals surface area contributed by atoms with Crippen LogP contribution in [0.4, 0.5) is 0 Å². The van der Waals surface area contributed by atoms with Gasteiger partial charge >= 0.3 is 0 Å². The van der Waals surface area contributed by atoms with Crippen molar-refractivity contribution in [3.8, 4) is 17.1 Å². The van der Waals surface area contributed by atoms with E-state index in [1.807, 2.05) is 0 Å². The predicted molar refractivity (Wildman–Crippen MR) is 130 cm³/mol. The normalized spacial score (nSPS) is 24.9. The van der Waals surface area contributed by atoms with Gasteiger partial charge in [-0.1, -0.05) is 76.6 Å². The molecule has 4 heteroatoms. The van der Waals surface area contributed by atoms with Crippen molar-refractivity contribution >= 4 is 0 Å². The van der Waals surface area contributed by atoms with Gasteiger partial charge in [-0.15, -0.1) is 0 Å². The molecule has 0 amide bonds. The number of aromatic nitrogens is 2. The predicted octanol–water partition coefficient (Wildman–Crippen LogP) is 7.33. The molecule has 2 aromatic rings. The first-order valence-corrected chi connectivity index (χ1v) is 13.0. The number of rotatable bonds is 12. The third-order valence-corrected chi connectivity index (χ3v) is 7.28. The Labute approximate surface area is 194 Å². The molecular weight excluding hydrogens is 396 g/mol. The first-order chi connectivity index (χ1) is 15.8. The third kappa shape index (κ3) is 6.54. The fraction of sp³-hybridized carbons (Fsp3) is 0.643. The quantitative estimate of drug-likeness (QED) is 0.258. The van der Waals surface area contributed by atoms with Gasteiger partial charge < -0.3 is 9.47 Å². The van der Waals surface area contributed by atoms with Gasteiger partial charge in [0.15, 0.2) is 11.6 Å². The van der Waals surface area contributed by atoms with Gasteiger partial charge in [0.25, 0.3) is 0 Å². The molecule has 2 atom stereocenters. The zero-order valence-electron chi connectivity index (χ0n) is 20.0. The molecule has 4 nitrogen and oxygen atoms in total. The molecule has 2 fully saturated rings. The smallest absolute Gasteiger partial charge is 0.159 e. The highest BCUT2D eigenvalue weighted by Crippen LogP contribution is 2.38. The molecule has 174 valence electrons. The van der Waals surface area contributed by atoms with E-state index in [9.17, 15) is 0 Å². The standard InChI is InChI=1S/C28H40N2O2/c1-3-5-7-8-21-10-12-22(13-11-21)23-14-16-24(17-15-23)28-29-18-25(19-30-28)31-20-27-26(32-27)9-6-4-2/h14-19,21-22,26-27H,3-13,20H2,1-2H3/t21?,22?,26-,27-/m0/s1. The number of ether oxygens (including phenoxy) is 2. The van der Waals surface area contributed by atoms with Crippen LogP contribution >= 0.6 is 0 Å². The molecule has 1 saturated heterocycles. The van der Waals surface area contributed by atoms with Crippen LogP contribution in [-0.2, 0) is 4.74 Å². The minimum absolute atomic E-state index is 0.236. The van der Waals surface area contributed by atoms with Crippen molar-refractivity contribution < 1.29 is 9.47 Å². The Hall–Kier alpha value is -1.94. The molecule has 1 saturated carbocycles. The Bertz CT molecular complexity index is 797. The van der Waals surface area contributed by atoms with E-state index in [1.54, 1.807) is 12.4 Å². The molecule has 0 spiro atoms. The number of epoxide rings is 1. The highest BCUT2D eigenvalue weighted by Gasteiger charge is 2.38. The summed E-state index contributed by atoms with van der Waals surface area (Å²) in [7, 11) is 0. The first kappa shape index (κ1) is 23.2. The van der Waals surface area contributed by atoms with Crippen LogP contribution in [0.1, 0.15) is 96.0 Å². The van der Waals surface area contributed by atoms with Crippen LogP contribution in [0.3, 0.4) is 0 Å². The van der Waals surface area contributed by atoms with Crippen LogP contribution in [0.5, 0.6) is 5.75 Å². The van der Waals surface area contributed by atoms with E-state index >= 15 is 0 Å². The molecule has 0 unspecified atom stereocenters. The highest BCUT2D eigenvalue weighted by atomic mass is 16.6. The zero-order valence-corrected chi connectivity index (χ0v) is 20.0. The van der Waals surface area contributed by atoms with Crippen LogP contribution in [0.15, 0.2) is 36.7 Å². The van der Waals surface area contributed by atoms with Crippen molar-refractivity contribution in [2.24, 2.45) is 5.92 Å². The van der Waals surface area contributed by atoms with E-state index in [4.69, 9.17) is 9.47 Å². The Balaban J connectivity index is 1.23. The SMILES string of the molecule is CCCCCC1CCC(c2ccc(-c3ncc(OC[C@@H]4O[C@H]4CCCC)cn3)cc2)CC1. The monoisotopic (exact) mass is 436 g/mol. The average Bonchev–Trinajstić information content (AvgIpc) is 3.61. The van der Waals surface area contributed by atoms with E-state index in [0.29, 0.717) is 24.4 Å². The number of hydrogen-bond acceptors (Lipinski definition) is 4. The molecule has 1 aliphatic heterocycles. The van der Waals surface area contributed by atoms with Gasteiger partial charge in [0.05, 0.1) is 18.5 Å². The topological polar surface area (TPSA) is 47.5 Å². The van der Waals surface area contributed by atoms with Crippen LogP contribution in [-0.4, -0.2) is 28.8 Å². The summed E-state index contributed by atoms with van der Waals surface area (Å²) >= 11 is 0. The van der Waals surface area contributed by atoms with Gasteiger partial charge in [0.2, 0.25) is 0 Å².